The number of aromatic amines is 1. The molecule has 160 valence electrons. The lowest BCUT2D eigenvalue weighted by Crippen LogP contribution is -2.38. The Morgan fingerprint density at radius 2 is 1.77 bits per heavy atom. The molecule has 1 heterocycles. The van der Waals surface area contributed by atoms with Gasteiger partial charge in [-0.25, -0.2) is 9.18 Å². The minimum absolute atomic E-state index is 0.0517. The molecule has 1 saturated carbocycles. The predicted octanol–water partition coefficient (Wildman–Crippen LogP) is 3.96. The van der Waals surface area contributed by atoms with Crippen molar-refractivity contribution in [3.63, 3.8) is 0 Å². The lowest BCUT2D eigenvalue weighted by atomic mass is 10.0. The Morgan fingerprint density at radius 3 is 2.37 bits per heavy atom. The van der Waals surface area contributed by atoms with Crippen molar-refractivity contribution in [1.82, 2.24) is 9.88 Å². The summed E-state index contributed by atoms with van der Waals surface area (Å²) in [6.45, 7) is 3.53. The van der Waals surface area contributed by atoms with Crippen molar-refractivity contribution in [1.29, 1.82) is 0 Å². The average molecular weight is 414 g/mol. The fourth-order valence-corrected chi connectivity index (χ4v) is 4.18. The molecule has 7 heteroatoms. The number of ketones is 1. The van der Waals surface area contributed by atoms with Crippen molar-refractivity contribution in [2.45, 2.75) is 46.1 Å². The van der Waals surface area contributed by atoms with E-state index in [1.165, 1.54) is 19.2 Å². The molecular formula is C23H27FN2O4. The molecular weight excluding hydrogens is 387 g/mol. The van der Waals surface area contributed by atoms with Gasteiger partial charge in [-0.15, -0.1) is 0 Å². The molecule has 0 radical (unpaired) electrons. The fourth-order valence-electron chi connectivity index (χ4n) is 4.18. The molecule has 1 amide bonds. The van der Waals surface area contributed by atoms with Crippen LogP contribution in [0.25, 0.3) is 0 Å². The van der Waals surface area contributed by atoms with E-state index in [4.69, 9.17) is 4.74 Å². The van der Waals surface area contributed by atoms with Gasteiger partial charge in [-0.2, -0.15) is 0 Å². The number of rotatable bonds is 7. The third kappa shape index (κ3) is 4.61. The van der Waals surface area contributed by atoms with Gasteiger partial charge in [0, 0.05) is 23.7 Å². The van der Waals surface area contributed by atoms with Crippen LogP contribution in [0, 0.1) is 25.6 Å². The summed E-state index contributed by atoms with van der Waals surface area (Å²) < 4.78 is 18.0. The van der Waals surface area contributed by atoms with E-state index in [0.717, 1.165) is 31.2 Å². The van der Waals surface area contributed by atoms with Crippen LogP contribution in [0.5, 0.6) is 0 Å². The van der Waals surface area contributed by atoms with E-state index in [1.807, 2.05) is 0 Å². The van der Waals surface area contributed by atoms with Gasteiger partial charge in [0.2, 0.25) is 5.91 Å². The minimum Gasteiger partial charge on any atom is -0.464 e. The molecule has 1 N–H and O–H groups in total. The van der Waals surface area contributed by atoms with Crippen molar-refractivity contribution >= 4 is 17.7 Å². The highest BCUT2D eigenvalue weighted by Crippen LogP contribution is 2.28. The van der Waals surface area contributed by atoms with Crippen molar-refractivity contribution < 1.29 is 23.5 Å². The number of Topliss-reactive ketones (excluding diaryl/α,β-unsaturated/α-hetero) is 1. The monoisotopic (exact) mass is 414 g/mol. The highest BCUT2D eigenvalue weighted by Gasteiger charge is 2.30. The standard InChI is InChI=1S/C23H27FN2O4/c1-14-20(15(2)25-21(14)23(29)30-3)19(27)13-26(22(28)17-6-4-5-7-17)12-16-8-10-18(24)11-9-16/h8-11,17,25H,4-7,12-13H2,1-3H3. The second kappa shape index (κ2) is 9.24. The number of hydrogen-bond donors (Lipinski definition) is 1. The first-order chi connectivity index (χ1) is 14.3. The number of nitrogens with one attached hydrogen (secondary N) is 1. The Bertz CT molecular complexity index is 943. The molecule has 2 aromatic rings. The molecule has 1 aromatic heterocycles. The number of aromatic nitrogens is 1. The summed E-state index contributed by atoms with van der Waals surface area (Å²) in [4.78, 5) is 42.7. The highest BCUT2D eigenvalue weighted by molar-refractivity contribution is 6.04. The zero-order chi connectivity index (χ0) is 21.8. The number of carbonyl (C=O) groups excluding carboxylic acids is 3. The number of carbonyl (C=O) groups is 3. The number of ether oxygens (including phenoxy) is 1. The summed E-state index contributed by atoms with van der Waals surface area (Å²) >= 11 is 0. The van der Waals surface area contributed by atoms with E-state index < -0.39 is 5.97 Å². The molecule has 0 bridgehead atoms. The van der Waals surface area contributed by atoms with Gasteiger partial charge in [-0.05, 0) is 49.9 Å². The molecule has 1 fully saturated rings. The molecule has 1 aliphatic rings. The second-order valence-electron chi connectivity index (χ2n) is 7.84. The molecule has 0 saturated heterocycles. The zero-order valence-electron chi connectivity index (χ0n) is 17.6. The van der Waals surface area contributed by atoms with Gasteiger partial charge in [-0.3, -0.25) is 9.59 Å². The quantitative estimate of drug-likeness (QED) is 0.549. The van der Waals surface area contributed by atoms with Crippen molar-refractivity contribution in [3.05, 3.63) is 58.2 Å². The smallest absolute Gasteiger partial charge is 0.354 e. The van der Waals surface area contributed by atoms with E-state index in [-0.39, 0.29) is 42.2 Å². The van der Waals surface area contributed by atoms with E-state index in [1.54, 1.807) is 30.9 Å². The van der Waals surface area contributed by atoms with E-state index in [0.29, 0.717) is 16.8 Å². The molecule has 0 aliphatic heterocycles. The SMILES string of the molecule is COC(=O)c1[nH]c(C)c(C(=O)CN(Cc2ccc(F)cc2)C(=O)C2CCCC2)c1C. The maximum Gasteiger partial charge on any atom is 0.354 e. The van der Waals surface area contributed by atoms with Crippen LogP contribution in [0.3, 0.4) is 0 Å². The number of aryl methyl sites for hydroxylation is 1. The number of hydrogen-bond acceptors (Lipinski definition) is 4. The third-order valence-corrected chi connectivity index (χ3v) is 5.74. The number of benzene rings is 1. The number of nitrogens with zero attached hydrogens (tertiary/aromatic N) is 1. The Balaban J connectivity index is 1.85. The van der Waals surface area contributed by atoms with Crippen LogP contribution >= 0.6 is 0 Å². The molecule has 0 spiro atoms. The topological polar surface area (TPSA) is 79.5 Å². The van der Waals surface area contributed by atoms with Gasteiger partial charge in [-0.1, -0.05) is 25.0 Å². The molecule has 0 unspecified atom stereocenters. The second-order valence-corrected chi connectivity index (χ2v) is 7.84. The van der Waals surface area contributed by atoms with Crippen LogP contribution in [0.1, 0.15) is 63.4 Å². The maximum atomic E-state index is 13.3. The van der Waals surface area contributed by atoms with Crippen LogP contribution in [0.4, 0.5) is 4.39 Å². The Morgan fingerprint density at radius 1 is 1.13 bits per heavy atom. The average Bonchev–Trinajstić information content (AvgIpc) is 3.36. The van der Waals surface area contributed by atoms with Gasteiger partial charge in [0.25, 0.3) is 0 Å². The first-order valence-corrected chi connectivity index (χ1v) is 10.2. The predicted molar refractivity (Wildman–Crippen MR) is 110 cm³/mol. The summed E-state index contributed by atoms with van der Waals surface area (Å²) in [5.41, 5.74) is 2.48. The van der Waals surface area contributed by atoms with E-state index in [2.05, 4.69) is 4.98 Å². The first-order valence-electron chi connectivity index (χ1n) is 10.2. The van der Waals surface area contributed by atoms with Crippen LogP contribution in [0.15, 0.2) is 24.3 Å². The summed E-state index contributed by atoms with van der Waals surface area (Å²) in [7, 11) is 1.28. The Labute approximate surface area is 175 Å². The molecule has 30 heavy (non-hydrogen) atoms. The minimum atomic E-state index is -0.542. The normalized spacial score (nSPS) is 14.0. The lowest BCUT2D eigenvalue weighted by molar-refractivity contribution is -0.135. The molecule has 1 aromatic carbocycles. The number of esters is 1. The zero-order valence-corrected chi connectivity index (χ0v) is 17.6. The van der Waals surface area contributed by atoms with Gasteiger partial charge in [0.05, 0.1) is 13.7 Å². The lowest BCUT2D eigenvalue weighted by Gasteiger charge is -2.25. The van der Waals surface area contributed by atoms with Crippen LogP contribution in [-0.2, 0) is 16.1 Å². The van der Waals surface area contributed by atoms with Gasteiger partial charge >= 0.3 is 5.97 Å². The summed E-state index contributed by atoms with van der Waals surface area (Å²) in [6, 6.07) is 5.94. The molecule has 1 aliphatic carbocycles. The Hall–Kier alpha value is -2.96. The Kier molecular flexibility index (Phi) is 6.70. The third-order valence-electron chi connectivity index (χ3n) is 5.74. The van der Waals surface area contributed by atoms with Crippen LogP contribution in [-0.4, -0.2) is 41.2 Å². The van der Waals surface area contributed by atoms with Gasteiger partial charge in [0.15, 0.2) is 5.78 Å². The van der Waals surface area contributed by atoms with E-state index >= 15 is 0 Å². The van der Waals surface area contributed by atoms with Crippen molar-refractivity contribution in [2.24, 2.45) is 5.92 Å². The fraction of sp³-hybridized carbons (Fsp3) is 0.435. The summed E-state index contributed by atoms with van der Waals surface area (Å²) in [5, 5.41) is 0. The number of H-pyrrole nitrogens is 1. The molecule has 6 nitrogen and oxygen atoms in total. The number of methoxy groups -OCH3 is 1. The summed E-state index contributed by atoms with van der Waals surface area (Å²) in [5.74, 6) is -1.27. The van der Waals surface area contributed by atoms with E-state index in [9.17, 15) is 18.8 Å². The molecule has 3 rings (SSSR count). The maximum absolute atomic E-state index is 13.3. The summed E-state index contributed by atoms with van der Waals surface area (Å²) in [6.07, 6.45) is 3.66. The largest absolute Gasteiger partial charge is 0.464 e. The molecule has 0 atom stereocenters. The number of halogens is 1. The first kappa shape index (κ1) is 21.7. The highest BCUT2D eigenvalue weighted by atomic mass is 19.1. The van der Waals surface area contributed by atoms with Crippen LogP contribution < -0.4 is 0 Å². The van der Waals surface area contributed by atoms with Crippen LogP contribution in [0.2, 0.25) is 0 Å². The van der Waals surface area contributed by atoms with Crippen molar-refractivity contribution in [3.8, 4) is 0 Å². The van der Waals surface area contributed by atoms with Gasteiger partial charge < -0.3 is 14.6 Å². The van der Waals surface area contributed by atoms with Crippen molar-refractivity contribution in [2.75, 3.05) is 13.7 Å². The number of amides is 1. The van der Waals surface area contributed by atoms with Gasteiger partial charge in [0.1, 0.15) is 11.5 Å².